The van der Waals surface area contributed by atoms with E-state index in [4.69, 9.17) is 5.11 Å². The number of hydrogen-bond acceptors (Lipinski definition) is 4. The second-order valence-corrected chi connectivity index (χ2v) is 7.42. The van der Waals surface area contributed by atoms with Crippen molar-refractivity contribution in [3.63, 3.8) is 0 Å². The summed E-state index contributed by atoms with van der Waals surface area (Å²) in [5.41, 5.74) is 0.510. The van der Waals surface area contributed by atoms with Crippen LogP contribution in [0.25, 0.3) is 5.69 Å². The van der Waals surface area contributed by atoms with Gasteiger partial charge in [0.25, 0.3) is 5.91 Å². The molecule has 0 aliphatic carbocycles. The zero-order valence-electron chi connectivity index (χ0n) is 16.1. The lowest BCUT2D eigenvalue weighted by molar-refractivity contribution is -0.137. The fourth-order valence-electron chi connectivity index (χ4n) is 3.57. The molecule has 1 atom stereocenters. The van der Waals surface area contributed by atoms with Crippen molar-refractivity contribution in [2.24, 2.45) is 0 Å². The van der Waals surface area contributed by atoms with Crippen LogP contribution in [0.1, 0.15) is 68.3 Å². The molecule has 1 unspecified atom stereocenters. The maximum Gasteiger partial charge on any atom is 0.303 e. The maximum atomic E-state index is 13.7. The molecule has 7 nitrogen and oxygen atoms in total. The van der Waals surface area contributed by atoms with Crippen LogP contribution in [0.5, 0.6) is 0 Å². The lowest BCUT2D eigenvalue weighted by atomic mass is 9.98. The van der Waals surface area contributed by atoms with Gasteiger partial charge < -0.3 is 10.0 Å². The molecule has 1 amide bonds. The highest BCUT2D eigenvalue weighted by molar-refractivity contribution is 5.90. The molecule has 1 aliphatic rings. The molecule has 0 bridgehead atoms. The Morgan fingerprint density at radius 1 is 1.32 bits per heavy atom. The van der Waals surface area contributed by atoms with Crippen molar-refractivity contribution in [1.29, 1.82) is 0 Å². The number of hydrogen-bond donors (Lipinski definition) is 1. The van der Waals surface area contributed by atoms with E-state index in [0.29, 0.717) is 24.5 Å². The van der Waals surface area contributed by atoms with Crippen molar-refractivity contribution in [3.05, 3.63) is 41.7 Å². The van der Waals surface area contributed by atoms with Gasteiger partial charge in [0.15, 0.2) is 0 Å². The predicted octanol–water partition coefficient (Wildman–Crippen LogP) is 3.39. The average molecular weight is 388 g/mol. The van der Waals surface area contributed by atoms with Gasteiger partial charge in [0.2, 0.25) is 5.82 Å². The highest BCUT2D eigenvalue weighted by Gasteiger charge is 2.31. The largest absolute Gasteiger partial charge is 0.481 e. The van der Waals surface area contributed by atoms with E-state index in [1.165, 1.54) is 16.8 Å². The number of carbonyl (C=O) groups excluding carboxylic acids is 1. The molecule has 3 rings (SSSR count). The van der Waals surface area contributed by atoms with Gasteiger partial charge in [-0.2, -0.15) is 0 Å². The molecular formula is C20H25FN4O3. The number of carboxylic acid groups (broad SMARTS) is 1. The van der Waals surface area contributed by atoms with Crippen molar-refractivity contribution < 1.29 is 19.1 Å². The minimum absolute atomic E-state index is 0.0125. The molecule has 2 heterocycles. The summed E-state index contributed by atoms with van der Waals surface area (Å²) in [7, 11) is 0. The Morgan fingerprint density at radius 2 is 2.11 bits per heavy atom. The van der Waals surface area contributed by atoms with Crippen LogP contribution in [-0.4, -0.2) is 49.2 Å². The van der Waals surface area contributed by atoms with E-state index in [1.807, 2.05) is 13.8 Å². The molecule has 150 valence electrons. The number of aliphatic carboxylic acids is 1. The van der Waals surface area contributed by atoms with Crippen molar-refractivity contribution >= 4 is 11.9 Å². The van der Waals surface area contributed by atoms with Crippen molar-refractivity contribution in [2.75, 3.05) is 6.54 Å². The van der Waals surface area contributed by atoms with Crippen LogP contribution in [0.3, 0.4) is 0 Å². The summed E-state index contributed by atoms with van der Waals surface area (Å²) in [6, 6.07) is 5.88. The number of rotatable bonds is 6. The molecule has 1 aliphatic heterocycles. The minimum Gasteiger partial charge on any atom is -0.481 e. The summed E-state index contributed by atoms with van der Waals surface area (Å²) < 4.78 is 15.2. The van der Waals surface area contributed by atoms with Crippen LogP contribution in [0.2, 0.25) is 0 Å². The van der Waals surface area contributed by atoms with Crippen LogP contribution in [0, 0.1) is 5.82 Å². The summed E-state index contributed by atoms with van der Waals surface area (Å²) >= 11 is 0. The highest BCUT2D eigenvalue weighted by Crippen LogP contribution is 2.24. The molecule has 1 fully saturated rings. The van der Waals surface area contributed by atoms with Crippen LogP contribution in [-0.2, 0) is 4.79 Å². The molecule has 0 radical (unpaired) electrons. The molecule has 28 heavy (non-hydrogen) atoms. The van der Waals surface area contributed by atoms with Crippen LogP contribution >= 0.6 is 0 Å². The van der Waals surface area contributed by atoms with E-state index in [1.54, 1.807) is 17.0 Å². The van der Waals surface area contributed by atoms with E-state index < -0.39 is 5.97 Å². The SMILES string of the molecule is CC(C)c1nc(C(=O)N2CCCCC2CCC(=O)O)nn1-c1cccc(F)c1. The van der Waals surface area contributed by atoms with Gasteiger partial charge in [-0.3, -0.25) is 9.59 Å². The number of likely N-dealkylation sites (tertiary alicyclic amines) is 1. The van der Waals surface area contributed by atoms with Crippen molar-refractivity contribution in [3.8, 4) is 5.69 Å². The fraction of sp³-hybridized carbons (Fsp3) is 0.500. The Labute approximate surface area is 163 Å². The Kier molecular flexibility index (Phi) is 6.06. The first-order valence-corrected chi connectivity index (χ1v) is 9.62. The van der Waals surface area contributed by atoms with Gasteiger partial charge in [-0.1, -0.05) is 19.9 Å². The smallest absolute Gasteiger partial charge is 0.303 e. The van der Waals surface area contributed by atoms with Gasteiger partial charge in [0.1, 0.15) is 11.6 Å². The predicted molar refractivity (Wildman–Crippen MR) is 101 cm³/mol. The van der Waals surface area contributed by atoms with Gasteiger partial charge in [-0.25, -0.2) is 14.1 Å². The molecular weight excluding hydrogens is 363 g/mol. The number of halogens is 1. The normalized spacial score (nSPS) is 17.1. The first-order valence-electron chi connectivity index (χ1n) is 9.62. The molecule has 0 spiro atoms. The number of aromatic nitrogens is 3. The summed E-state index contributed by atoms with van der Waals surface area (Å²) in [6.45, 7) is 4.43. The summed E-state index contributed by atoms with van der Waals surface area (Å²) in [4.78, 5) is 30.2. The van der Waals surface area contributed by atoms with Gasteiger partial charge in [0, 0.05) is 24.9 Å². The molecule has 1 aromatic heterocycles. The number of benzene rings is 1. The lowest BCUT2D eigenvalue weighted by Gasteiger charge is -2.34. The number of nitrogens with zero attached hydrogens (tertiary/aromatic N) is 4. The van der Waals surface area contributed by atoms with E-state index in [-0.39, 0.29) is 35.9 Å². The maximum absolute atomic E-state index is 13.7. The topological polar surface area (TPSA) is 88.3 Å². The Bertz CT molecular complexity index is 865. The highest BCUT2D eigenvalue weighted by atomic mass is 19.1. The Morgan fingerprint density at radius 3 is 2.79 bits per heavy atom. The average Bonchev–Trinajstić information content (AvgIpc) is 3.12. The molecule has 1 saturated heterocycles. The monoisotopic (exact) mass is 388 g/mol. The summed E-state index contributed by atoms with van der Waals surface area (Å²) in [5, 5.41) is 13.4. The van der Waals surface area contributed by atoms with Gasteiger partial charge in [0.05, 0.1) is 5.69 Å². The van der Waals surface area contributed by atoms with Crippen molar-refractivity contribution in [1.82, 2.24) is 19.7 Å². The first kappa shape index (κ1) is 20.0. The number of carboxylic acids is 1. The van der Waals surface area contributed by atoms with Crippen molar-refractivity contribution in [2.45, 2.75) is 57.9 Å². The van der Waals surface area contributed by atoms with E-state index >= 15 is 0 Å². The minimum atomic E-state index is -0.867. The standard InChI is InChI=1S/C20H25FN4O3/c1-13(2)19-22-18(23-25(19)16-8-5-6-14(21)12-16)20(28)24-11-4-3-7-15(24)9-10-17(26)27/h5-6,8,12-13,15H,3-4,7,9-11H2,1-2H3,(H,26,27). The van der Waals surface area contributed by atoms with E-state index in [0.717, 1.165) is 19.3 Å². The van der Waals surface area contributed by atoms with Gasteiger partial charge in [-0.15, -0.1) is 5.10 Å². The fourth-order valence-corrected chi connectivity index (χ4v) is 3.57. The molecule has 1 N–H and O–H groups in total. The second kappa shape index (κ2) is 8.50. The first-order chi connectivity index (χ1) is 13.4. The molecule has 1 aromatic carbocycles. The van der Waals surface area contributed by atoms with Crippen LogP contribution in [0.15, 0.2) is 24.3 Å². The Balaban J connectivity index is 1.90. The van der Waals surface area contributed by atoms with Crippen LogP contribution in [0.4, 0.5) is 4.39 Å². The van der Waals surface area contributed by atoms with Gasteiger partial charge >= 0.3 is 5.97 Å². The number of carbonyl (C=O) groups is 2. The van der Waals surface area contributed by atoms with E-state index in [9.17, 15) is 14.0 Å². The third kappa shape index (κ3) is 4.37. The lowest BCUT2D eigenvalue weighted by Crippen LogP contribution is -2.44. The zero-order chi connectivity index (χ0) is 20.3. The number of amides is 1. The summed E-state index contributed by atoms with van der Waals surface area (Å²) in [6.07, 6.45) is 3.06. The zero-order valence-corrected chi connectivity index (χ0v) is 16.1. The third-order valence-electron chi connectivity index (χ3n) is 4.97. The Hall–Kier alpha value is -2.77. The quantitative estimate of drug-likeness (QED) is 0.819. The number of piperidine rings is 1. The second-order valence-electron chi connectivity index (χ2n) is 7.42. The third-order valence-corrected chi connectivity index (χ3v) is 4.97. The molecule has 8 heteroatoms. The van der Waals surface area contributed by atoms with E-state index in [2.05, 4.69) is 10.1 Å². The van der Waals surface area contributed by atoms with Gasteiger partial charge in [-0.05, 0) is 43.9 Å². The molecule has 0 saturated carbocycles. The molecule has 2 aromatic rings. The van der Waals surface area contributed by atoms with Crippen LogP contribution < -0.4 is 0 Å². The summed E-state index contributed by atoms with van der Waals surface area (Å²) in [5.74, 6) is -0.925.